The lowest BCUT2D eigenvalue weighted by molar-refractivity contribution is -0.122. The van der Waals surface area contributed by atoms with E-state index in [1.54, 1.807) is 37.3 Å². The van der Waals surface area contributed by atoms with E-state index in [4.69, 9.17) is 21.7 Å². The number of ether oxygens (including phenoxy) is 1. The third kappa shape index (κ3) is 5.95. The predicted octanol–water partition coefficient (Wildman–Crippen LogP) is 2.67. The molecular formula is C14H19ClN4O2S. The molecule has 0 aliphatic heterocycles. The second-order valence-corrected chi connectivity index (χ2v) is 5.76. The van der Waals surface area contributed by atoms with Gasteiger partial charge in [0.2, 0.25) is 5.91 Å². The smallest absolute Gasteiger partial charge is 0.228 e. The maximum Gasteiger partial charge on any atom is 0.228 e. The molecule has 22 heavy (non-hydrogen) atoms. The summed E-state index contributed by atoms with van der Waals surface area (Å²) in [6, 6.07) is 1.73. The molecule has 0 radical (unpaired) electrons. The first-order chi connectivity index (χ1) is 10.5. The van der Waals surface area contributed by atoms with Gasteiger partial charge in [0.15, 0.2) is 0 Å². The Kier molecular flexibility index (Phi) is 7.76. The highest BCUT2D eigenvalue weighted by Gasteiger charge is 2.15. The van der Waals surface area contributed by atoms with Crippen molar-refractivity contribution in [3.8, 4) is 5.75 Å². The summed E-state index contributed by atoms with van der Waals surface area (Å²) in [6.07, 6.45) is 6.55. The molecule has 1 rings (SSSR count). The normalized spacial score (nSPS) is 12.5. The number of thioether (sulfide) groups is 1. The Labute approximate surface area is 139 Å². The first-order valence-corrected chi connectivity index (χ1v) is 8.25. The number of allylic oxidation sites excluding steroid dienone is 1. The molecule has 1 amide bonds. The van der Waals surface area contributed by atoms with E-state index >= 15 is 0 Å². The van der Waals surface area contributed by atoms with Crippen LogP contribution in [0, 0.1) is 11.3 Å². The Hall–Kier alpha value is -1.73. The van der Waals surface area contributed by atoms with Gasteiger partial charge in [-0.05, 0) is 6.26 Å². The maximum atomic E-state index is 12.0. The highest BCUT2D eigenvalue weighted by Crippen LogP contribution is 2.15. The number of hydrogen-bond acceptors (Lipinski definition) is 6. The standard InChI is InChI=1S/C14H19ClN4O2S/c1-9(8-22-3)14(20)19-12(13(15)16)7-18-10-4-11(21-2)6-17-5-10/h4-7,9,16,18H,8H2,1-3H3,(H,19,20)/b12-7+,16-13?. The van der Waals surface area contributed by atoms with Crippen molar-refractivity contribution >= 4 is 40.1 Å². The molecule has 0 saturated heterocycles. The van der Waals surface area contributed by atoms with Gasteiger partial charge in [0, 0.05) is 23.9 Å². The van der Waals surface area contributed by atoms with Crippen LogP contribution in [0.4, 0.5) is 5.69 Å². The van der Waals surface area contributed by atoms with E-state index in [9.17, 15) is 4.79 Å². The van der Waals surface area contributed by atoms with Gasteiger partial charge in [0.25, 0.3) is 0 Å². The molecule has 3 N–H and O–H groups in total. The Balaban J connectivity index is 2.77. The summed E-state index contributed by atoms with van der Waals surface area (Å²) in [7, 11) is 1.55. The number of rotatable bonds is 8. The quantitative estimate of drug-likeness (QED) is 0.632. The van der Waals surface area contributed by atoms with Crippen LogP contribution in [0.1, 0.15) is 6.92 Å². The average Bonchev–Trinajstić information content (AvgIpc) is 2.51. The fourth-order valence-electron chi connectivity index (χ4n) is 1.50. The average molecular weight is 343 g/mol. The Morgan fingerprint density at radius 1 is 1.59 bits per heavy atom. The number of amides is 1. The highest BCUT2D eigenvalue weighted by molar-refractivity contribution is 7.98. The van der Waals surface area contributed by atoms with Crippen molar-refractivity contribution in [2.75, 3.05) is 24.4 Å². The first kappa shape index (κ1) is 18.3. The van der Waals surface area contributed by atoms with Crippen molar-refractivity contribution in [1.82, 2.24) is 10.3 Å². The van der Waals surface area contributed by atoms with Gasteiger partial charge in [-0.1, -0.05) is 18.5 Å². The zero-order chi connectivity index (χ0) is 16.5. The van der Waals surface area contributed by atoms with Crippen LogP contribution in [-0.4, -0.2) is 35.2 Å². The number of nitrogens with zero attached hydrogens (tertiary/aromatic N) is 1. The van der Waals surface area contributed by atoms with Crippen LogP contribution in [0.5, 0.6) is 5.75 Å². The lowest BCUT2D eigenvalue weighted by Gasteiger charge is -2.13. The second kappa shape index (κ2) is 9.32. The Morgan fingerprint density at radius 3 is 2.91 bits per heavy atom. The minimum Gasteiger partial charge on any atom is -0.495 e. The number of halogens is 1. The fraction of sp³-hybridized carbons (Fsp3) is 0.357. The maximum absolute atomic E-state index is 12.0. The van der Waals surface area contributed by atoms with Gasteiger partial charge in [-0.3, -0.25) is 15.2 Å². The van der Waals surface area contributed by atoms with E-state index in [2.05, 4.69) is 15.6 Å². The van der Waals surface area contributed by atoms with Crippen LogP contribution in [0.3, 0.4) is 0 Å². The van der Waals surface area contributed by atoms with Crippen LogP contribution in [-0.2, 0) is 4.79 Å². The summed E-state index contributed by atoms with van der Waals surface area (Å²) in [4.78, 5) is 16.0. The SMILES string of the molecule is COc1cncc(N/C=C(/NC(=O)C(C)CSC)C(=N)Cl)c1. The minimum absolute atomic E-state index is 0.173. The monoisotopic (exact) mass is 342 g/mol. The van der Waals surface area contributed by atoms with Crippen LogP contribution in [0.15, 0.2) is 30.4 Å². The van der Waals surface area contributed by atoms with E-state index in [0.717, 1.165) is 0 Å². The molecule has 1 unspecified atom stereocenters. The van der Waals surface area contributed by atoms with Crippen molar-refractivity contribution < 1.29 is 9.53 Å². The first-order valence-electron chi connectivity index (χ1n) is 6.48. The molecule has 1 atom stereocenters. The largest absolute Gasteiger partial charge is 0.495 e. The van der Waals surface area contributed by atoms with E-state index in [1.165, 1.54) is 6.20 Å². The van der Waals surface area contributed by atoms with Gasteiger partial charge in [-0.15, -0.1) is 0 Å². The number of nitrogens with one attached hydrogen (secondary N) is 3. The second-order valence-electron chi connectivity index (χ2n) is 4.48. The number of anilines is 1. The molecule has 120 valence electrons. The van der Waals surface area contributed by atoms with Crippen LogP contribution < -0.4 is 15.4 Å². The van der Waals surface area contributed by atoms with Gasteiger partial charge in [0.05, 0.1) is 30.9 Å². The number of pyridine rings is 1. The Morgan fingerprint density at radius 2 is 2.32 bits per heavy atom. The van der Waals surface area contributed by atoms with Crippen molar-refractivity contribution in [1.29, 1.82) is 5.41 Å². The molecule has 0 bridgehead atoms. The third-order valence-corrected chi connectivity index (χ3v) is 3.73. The van der Waals surface area contributed by atoms with Crippen LogP contribution in [0.2, 0.25) is 0 Å². The summed E-state index contributed by atoms with van der Waals surface area (Å²) in [5.41, 5.74) is 0.851. The van der Waals surface area contributed by atoms with Crippen LogP contribution in [0.25, 0.3) is 0 Å². The molecule has 0 aromatic carbocycles. The number of aromatic nitrogens is 1. The topological polar surface area (TPSA) is 87.1 Å². The zero-order valence-corrected chi connectivity index (χ0v) is 14.2. The predicted molar refractivity (Wildman–Crippen MR) is 91.8 cm³/mol. The number of carbonyl (C=O) groups is 1. The summed E-state index contributed by atoms with van der Waals surface area (Å²) in [5.74, 6) is 0.935. The Bertz CT molecular complexity index is 566. The van der Waals surface area contributed by atoms with Crippen LogP contribution >= 0.6 is 23.4 Å². The van der Waals surface area contributed by atoms with Gasteiger partial charge >= 0.3 is 0 Å². The van der Waals surface area contributed by atoms with Crippen molar-refractivity contribution in [2.45, 2.75) is 6.92 Å². The number of hydrogen-bond donors (Lipinski definition) is 3. The molecule has 8 heteroatoms. The molecule has 0 spiro atoms. The van der Waals surface area contributed by atoms with Crippen molar-refractivity contribution in [3.05, 3.63) is 30.4 Å². The lowest BCUT2D eigenvalue weighted by atomic mass is 10.2. The molecule has 1 heterocycles. The lowest BCUT2D eigenvalue weighted by Crippen LogP contribution is -2.32. The molecule has 6 nitrogen and oxygen atoms in total. The van der Waals surface area contributed by atoms with Gasteiger partial charge in [-0.25, -0.2) is 0 Å². The van der Waals surface area contributed by atoms with Gasteiger partial charge < -0.3 is 15.4 Å². The summed E-state index contributed by atoms with van der Waals surface area (Å²) in [6.45, 7) is 1.82. The molecule has 1 aromatic rings. The number of methoxy groups -OCH3 is 1. The molecule has 0 aliphatic rings. The number of carbonyl (C=O) groups excluding carboxylic acids is 1. The van der Waals surface area contributed by atoms with Crippen molar-refractivity contribution in [2.24, 2.45) is 5.92 Å². The highest BCUT2D eigenvalue weighted by atomic mass is 35.5. The van der Waals surface area contributed by atoms with E-state index in [0.29, 0.717) is 17.2 Å². The molecule has 0 fully saturated rings. The summed E-state index contributed by atoms with van der Waals surface area (Å²) < 4.78 is 5.07. The van der Waals surface area contributed by atoms with E-state index in [1.807, 2.05) is 13.2 Å². The fourth-order valence-corrected chi connectivity index (χ4v) is 2.25. The van der Waals surface area contributed by atoms with E-state index in [-0.39, 0.29) is 22.7 Å². The molecule has 0 saturated carbocycles. The van der Waals surface area contributed by atoms with E-state index < -0.39 is 0 Å². The molecular weight excluding hydrogens is 324 g/mol. The minimum atomic E-state index is -0.256. The zero-order valence-electron chi connectivity index (χ0n) is 12.6. The van der Waals surface area contributed by atoms with Crippen molar-refractivity contribution in [3.63, 3.8) is 0 Å². The van der Waals surface area contributed by atoms with Gasteiger partial charge in [-0.2, -0.15) is 11.8 Å². The summed E-state index contributed by atoms with van der Waals surface area (Å²) >= 11 is 7.29. The molecule has 0 aliphatic carbocycles. The third-order valence-electron chi connectivity index (χ3n) is 2.69. The van der Waals surface area contributed by atoms with Gasteiger partial charge in [0.1, 0.15) is 10.9 Å². The summed E-state index contributed by atoms with van der Waals surface area (Å²) in [5, 5.41) is 12.8. The molecule has 1 aromatic heterocycles.